The largest absolute Gasteiger partial charge is 0.347 e. The Morgan fingerprint density at radius 3 is 2.50 bits per heavy atom. The van der Waals surface area contributed by atoms with E-state index in [2.05, 4.69) is 21.9 Å². The van der Waals surface area contributed by atoms with Crippen LogP contribution in [0.25, 0.3) is 4.96 Å². The number of aromatic nitrogens is 3. The highest BCUT2D eigenvalue weighted by molar-refractivity contribution is 7.20. The van der Waals surface area contributed by atoms with E-state index in [0.29, 0.717) is 10.7 Å². The lowest BCUT2D eigenvalue weighted by Crippen LogP contribution is -2.34. The van der Waals surface area contributed by atoms with Crippen LogP contribution in [0.15, 0.2) is 10.9 Å². The molecule has 0 bridgehead atoms. The highest BCUT2D eigenvalue weighted by Crippen LogP contribution is 2.27. The molecule has 0 atom stereocenters. The molecular formula is C18H25N5O2S. The number of anilines is 1. The van der Waals surface area contributed by atoms with Crippen molar-refractivity contribution in [2.24, 2.45) is 5.92 Å². The normalized spacial score (nSPS) is 19.7. The van der Waals surface area contributed by atoms with Gasteiger partial charge in [0.25, 0.3) is 11.5 Å². The molecule has 2 aliphatic rings. The van der Waals surface area contributed by atoms with Crippen molar-refractivity contribution in [2.75, 3.05) is 31.1 Å². The average molecular weight is 375 g/mol. The maximum atomic E-state index is 13.0. The van der Waals surface area contributed by atoms with E-state index in [-0.39, 0.29) is 11.5 Å². The number of likely N-dealkylation sites (tertiary alicyclic amines) is 1. The lowest BCUT2D eigenvalue weighted by molar-refractivity contribution is 0.0752. The second-order valence-corrected chi connectivity index (χ2v) is 8.37. The van der Waals surface area contributed by atoms with Gasteiger partial charge in [0.15, 0.2) is 0 Å². The average Bonchev–Trinajstić information content (AvgIpc) is 2.87. The Hall–Kier alpha value is -1.96. The van der Waals surface area contributed by atoms with Crippen LogP contribution in [0.1, 0.15) is 55.9 Å². The van der Waals surface area contributed by atoms with Gasteiger partial charge in [-0.3, -0.25) is 9.59 Å². The number of piperidine rings is 1. The van der Waals surface area contributed by atoms with E-state index >= 15 is 0 Å². The summed E-state index contributed by atoms with van der Waals surface area (Å²) in [6, 6.07) is 1.34. The molecule has 0 aliphatic carbocycles. The summed E-state index contributed by atoms with van der Waals surface area (Å²) in [5, 5.41) is 5.50. The molecular weight excluding hydrogens is 350 g/mol. The third kappa shape index (κ3) is 3.47. The molecule has 2 aliphatic heterocycles. The minimum Gasteiger partial charge on any atom is -0.347 e. The Labute approximate surface area is 156 Å². The number of fused-ring (bicyclic) bond motifs is 1. The molecule has 2 fully saturated rings. The summed E-state index contributed by atoms with van der Waals surface area (Å²) < 4.78 is 1.58. The van der Waals surface area contributed by atoms with Gasteiger partial charge in [0.2, 0.25) is 10.1 Å². The fourth-order valence-corrected chi connectivity index (χ4v) is 4.68. The maximum Gasteiger partial charge on any atom is 0.274 e. The van der Waals surface area contributed by atoms with Gasteiger partial charge >= 0.3 is 0 Å². The van der Waals surface area contributed by atoms with Crippen molar-refractivity contribution in [3.63, 3.8) is 0 Å². The molecule has 0 N–H and O–H groups in total. The van der Waals surface area contributed by atoms with Crippen molar-refractivity contribution in [1.29, 1.82) is 0 Å². The number of hydrogen-bond donors (Lipinski definition) is 0. The lowest BCUT2D eigenvalue weighted by Gasteiger charge is -2.29. The molecule has 2 aromatic heterocycles. The van der Waals surface area contributed by atoms with Gasteiger partial charge in [0.1, 0.15) is 5.69 Å². The summed E-state index contributed by atoms with van der Waals surface area (Å²) in [6.45, 7) is 5.69. The fourth-order valence-electron chi connectivity index (χ4n) is 3.72. The van der Waals surface area contributed by atoms with Crippen LogP contribution in [0.3, 0.4) is 0 Å². The minimum atomic E-state index is -0.370. The molecule has 26 heavy (non-hydrogen) atoms. The number of amides is 1. The van der Waals surface area contributed by atoms with Gasteiger partial charge in [-0.25, -0.2) is 0 Å². The summed E-state index contributed by atoms with van der Waals surface area (Å²) in [5.74, 6) is 0.630. The topological polar surface area (TPSA) is 70.8 Å². The Bertz CT molecular complexity index is 845. The van der Waals surface area contributed by atoms with Gasteiger partial charge in [0.05, 0.1) is 0 Å². The van der Waals surface area contributed by atoms with Crippen molar-refractivity contribution < 1.29 is 4.79 Å². The molecule has 1 amide bonds. The van der Waals surface area contributed by atoms with E-state index in [1.807, 2.05) is 4.90 Å². The van der Waals surface area contributed by atoms with Gasteiger partial charge in [0, 0.05) is 32.2 Å². The Kier molecular flexibility index (Phi) is 4.93. The first-order chi connectivity index (χ1) is 12.6. The SMILES string of the molecule is CC1CCN(c2nn3c(C(=O)N4CCCCCC4)cc(=O)nc3s2)CC1. The third-order valence-corrected chi connectivity index (χ3v) is 6.38. The summed E-state index contributed by atoms with van der Waals surface area (Å²) >= 11 is 1.40. The number of nitrogens with zero attached hydrogens (tertiary/aromatic N) is 5. The van der Waals surface area contributed by atoms with Crippen LogP contribution in [-0.4, -0.2) is 51.6 Å². The zero-order valence-electron chi connectivity index (χ0n) is 15.2. The summed E-state index contributed by atoms with van der Waals surface area (Å²) in [4.78, 5) is 33.8. The van der Waals surface area contributed by atoms with Crippen molar-refractivity contribution in [1.82, 2.24) is 19.5 Å². The quantitative estimate of drug-likeness (QED) is 0.806. The van der Waals surface area contributed by atoms with Crippen LogP contribution in [-0.2, 0) is 0 Å². The zero-order chi connectivity index (χ0) is 18.1. The molecule has 4 rings (SSSR count). The van der Waals surface area contributed by atoms with Crippen LogP contribution < -0.4 is 10.5 Å². The van der Waals surface area contributed by atoms with Crippen molar-refractivity contribution >= 4 is 27.3 Å². The van der Waals surface area contributed by atoms with E-state index in [4.69, 9.17) is 0 Å². The van der Waals surface area contributed by atoms with E-state index in [0.717, 1.165) is 75.8 Å². The number of carbonyl (C=O) groups excluding carboxylic acids is 1. The van der Waals surface area contributed by atoms with E-state index in [1.54, 1.807) is 4.52 Å². The van der Waals surface area contributed by atoms with Crippen LogP contribution in [0.5, 0.6) is 0 Å². The van der Waals surface area contributed by atoms with Crippen molar-refractivity contribution in [2.45, 2.75) is 45.4 Å². The molecule has 2 saturated heterocycles. The van der Waals surface area contributed by atoms with E-state index in [1.165, 1.54) is 17.4 Å². The van der Waals surface area contributed by atoms with Gasteiger partial charge in [-0.05, 0) is 31.6 Å². The standard InChI is InChI=1S/C18H25N5O2S/c1-13-6-10-22(11-7-13)18-20-23-14(12-15(24)19-17(23)26-18)16(25)21-8-4-2-3-5-9-21/h12-13H,2-11H2,1H3. The first-order valence-corrected chi connectivity index (χ1v) is 10.4. The smallest absolute Gasteiger partial charge is 0.274 e. The second kappa shape index (κ2) is 7.34. The summed E-state index contributed by atoms with van der Waals surface area (Å²) in [7, 11) is 0. The number of carbonyl (C=O) groups is 1. The summed E-state index contributed by atoms with van der Waals surface area (Å²) in [6.07, 6.45) is 6.63. The lowest BCUT2D eigenvalue weighted by atomic mass is 10.00. The summed E-state index contributed by atoms with van der Waals surface area (Å²) in [5.41, 5.74) is -0.0274. The molecule has 140 valence electrons. The Morgan fingerprint density at radius 2 is 1.81 bits per heavy atom. The fraction of sp³-hybridized carbons (Fsp3) is 0.667. The predicted molar refractivity (Wildman–Crippen MR) is 102 cm³/mol. The molecule has 8 heteroatoms. The number of hydrogen-bond acceptors (Lipinski definition) is 6. The van der Waals surface area contributed by atoms with Crippen molar-refractivity contribution in [3.05, 3.63) is 22.1 Å². The van der Waals surface area contributed by atoms with Gasteiger partial charge in [-0.2, -0.15) is 9.50 Å². The first kappa shape index (κ1) is 17.5. The van der Waals surface area contributed by atoms with Crippen LogP contribution >= 0.6 is 11.3 Å². The molecule has 0 radical (unpaired) electrons. The van der Waals surface area contributed by atoms with E-state index < -0.39 is 0 Å². The predicted octanol–water partition coefficient (Wildman–Crippen LogP) is 2.40. The van der Waals surface area contributed by atoms with Gasteiger partial charge < -0.3 is 9.80 Å². The molecule has 0 aromatic carbocycles. The molecule has 0 unspecified atom stereocenters. The van der Waals surface area contributed by atoms with Crippen LogP contribution in [0.2, 0.25) is 0 Å². The van der Waals surface area contributed by atoms with Crippen LogP contribution in [0.4, 0.5) is 5.13 Å². The van der Waals surface area contributed by atoms with Crippen LogP contribution in [0, 0.1) is 5.92 Å². The molecule has 7 nitrogen and oxygen atoms in total. The van der Waals surface area contributed by atoms with E-state index in [9.17, 15) is 9.59 Å². The second-order valence-electron chi connectivity index (χ2n) is 7.43. The first-order valence-electron chi connectivity index (χ1n) is 9.57. The maximum absolute atomic E-state index is 13.0. The highest BCUT2D eigenvalue weighted by atomic mass is 32.1. The molecule has 0 saturated carbocycles. The highest BCUT2D eigenvalue weighted by Gasteiger charge is 2.24. The Morgan fingerprint density at radius 1 is 1.12 bits per heavy atom. The van der Waals surface area contributed by atoms with Gasteiger partial charge in [-0.1, -0.05) is 31.1 Å². The monoisotopic (exact) mass is 375 g/mol. The van der Waals surface area contributed by atoms with Crippen molar-refractivity contribution in [3.8, 4) is 0 Å². The minimum absolute atomic E-state index is 0.106. The molecule has 2 aromatic rings. The Balaban J connectivity index is 1.68. The molecule has 0 spiro atoms. The zero-order valence-corrected chi connectivity index (χ0v) is 16.0. The molecule has 4 heterocycles. The number of rotatable bonds is 2. The third-order valence-electron chi connectivity index (χ3n) is 5.41. The van der Waals surface area contributed by atoms with Gasteiger partial charge in [-0.15, -0.1) is 5.10 Å².